The number of imide groups is 1. The first kappa shape index (κ1) is 23.6. The maximum atomic E-state index is 12.8. The van der Waals surface area contributed by atoms with Crippen LogP contribution < -0.4 is 4.74 Å². The van der Waals surface area contributed by atoms with Crippen LogP contribution in [0.2, 0.25) is 10.0 Å². The molecule has 2 saturated heterocycles. The zero-order chi connectivity index (χ0) is 23.4. The third-order valence-electron chi connectivity index (χ3n) is 5.10. The van der Waals surface area contributed by atoms with Crippen molar-refractivity contribution in [2.75, 3.05) is 32.8 Å². The first-order valence-electron chi connectivity index (χ1n) is 10.2. The lowest BCUT2D eigenvalue weighted by Gasteiger charge is -2.28. The lowest BCUT2D eigenvalue weighted by Crippen LogP contribution is -2.46. The molecule has 7 nitrogen and oxygen atoms in total. The zero-order valence-corrected chi connectivity index (χ0v) is 19.8. The van der Waals surface area contributed by atoms with Crippen molar-refractivity contribution < 1.29 is 23.9 Å². The lowest BCUT2D eigenvalue weighted by atomic mass is 10.2. The van der Waals surface area contributed by atoms with Gasteiger partial charge >= 0.3 is 0 Å². The van der Waals surface area contributed by atoms with Gasteiger partial charge in [-0.3, -0.25) is 19.3 Å². The largest absolute Gasteiger partial charge is 0.489 e. The number of morpholine rings is 1. The van der Waals surface area contributed by atoms with Crippen molar-refractivity contribution in [3.63, 3.8) is 0 Å². The van der Waals surface area contributed by atoms with Gasteiger partial charge in [-0.1, -0.05) is 41.4 Å². The number of carbonyl (C=O) groups excluding carboxylic acids is 3. The average molecular weight is 507 g/mol. The van der Waals surface area contributed by atoms with Gasteiger partial charge < -0.3 is 14.4 Å². The van der Waals surface area contributed by atoms with Gasteiger partial charge in [0.2, 0.25) is 5.91 Å². The summed E-state index contributed by atoms with van der Waals surface area (Å²) in [6.07, 6.45) is 1.62. The monoisotopic (exact) mass is 506 g/mol. The summed E-state index contributed by atoms with van der Waals surface area (Å²) < 4.78 is 11.1. The summed E-state index contributed by atoms with van der Waals surface area (Å²) in [5, 5.41) is 0.600. The molecule has 0 unspecified atom stereocenters. The van der Waals surface area contributed by atoms with Crippen molar-refractivity contribution in [2.24, 2.45) is 0 Å². The average Bonchev–Trinajstić information content (AvgIpc) is 3.06. The van der Waals surface area contributed by atoms with E-state index in [-0.39, 0.29) is 24.0 Å². The molecule has 0 N–H and O–H groups in total. The first-order valence-corrected chi connectivity index (χ1v) is 11.8. The number of carbonyl (C=O) groups is 3. The molecular weight excluding hydrogens is 487 g/mol. The minimum Gasteiger partial charge on any atom is -0.489 e. The zero-order valence-electron chi connectivity index (χ0n) is 17.5. The Bertz CT molecular complexity index is 1120. The Morgan fingerprint density at radius 2 is 1.91 bits per heavy atom. The second-order valence-electron chi connectivity index (χ2n) is 7.36. The topological polar surface area (TPSA) is 76.2 Å². The fraction of sp³-hybridized carbons (Fsp3) is 0.261. The number of nitrogens with zero attached hydrogens (tertiary/aromatic N) is 2. The van der Waals surface area contributed by atoms with E-state index in [1.54, 1.807) is 53.4 Å². The quantitative estimate of drug-likeness (QED) is 0.538. The van der Waals surface area contributed by atoms with E-state index >= 15 is 0 Å². The Morgan fingerprint density at radius 3 is 2.67 bits per heavy atom. The fourth-order valence-electron chi connectivity index (χ4n) is 3.33. The number of rotatable bonds is 6. The molecule has 2 fully saturated rings. The van der Waals surface area contributed by atoms with Crippen LogP contribution in [0.3, 0.4) is 0 Å². The number of amides is 3. The summed E-state index contributed by atoms with van der Waals surface area (Å²) in [4.78, 5) is 40.4. The Labute approximate surface area is 205 Å². The van der Waals surface area contributed by atoms with E-state index in [4.69, 9.17) is 32.7 Å². The molecule has 2 aromatic rings. The Balaban J connectivity index is 1.41. The van der Waals surface area contributed by atoms with Gasteiger partial charge in [0.05, 0.1) is 18.1 Å². The molecule has 2 aliphatic heterocycles. The van der Waals surface area contributed by atoms with Gasteiger partial charge in [-0.25, -0.2) is 0 Å². The van der Waals surface area contributed by atoms with Crippen molar-refractivity contribution in [2.45, 2.75) is 6.61 Å². The fourth-order valence-corrected chi connectivity index (χ4v) is 4.63. The van der Waals surface area contributed by atoms with Crippen molar-refractivity contribution >= 4 is 58.1 Å². The van der Waals surface area contributed by atoms with E-state index in [0.717, 1.165) is 22.2 Å². The Hall–Kier alpha value is -2.52. The molecule has 2 aliphatic rings. The summed E-state index contributed by atoms with van der Waals surface area (Å²) in [5.41, 5.74) is 1.48. The number of thioether (sulfide) groups is 1. The summed E-state index contributed by atoms with van der Waals surface area (Å²) in [6.45, 7) is 1.80. The van der Waals surface area contributed by atoms with E-state index in [2.05, 4.69) is 0 Å². The Kier molecular flexibility index (Phi) is 7.60. The third-order valence-corrected chi connectivity index (χ3v) is 6.59. The van der Waals surface area contributed by atoms with Crippen LogP contribution in [-0.2, 0) is 20.9 Å². The smallest absolute Gasteiger partial charge is 0.294 e. The van der Waals surface area contributed by atoms with Crippen LogP contribution in [0.15, 0.2) is 47.4 Å². The minimum absolute atomic E-state index is 0.250. The SMILES string of the molecule is O=C(CN1C(=O)S/C(=C/c2cccc(OCc3ccc(Cl)cc3Cl)c2)C1=O)N1CCOCC1. The molecule has 0 atom stereocenters. The predicted molar refractivity (Wildman–Crippen MR) is 127 cm³/mol. The van der Waals surface area contributed by atoms with Crippen LogP contribution in [0.5, 0.6) is 5.75 Å². The summed E-state index contributed by atoms with van der Waals surface area (Å²) in [7, 11) is 0. The third kappa shape index (κ3) is 5.89. The highest BCUT2D eigenvalue weighted by Crippen LogP contribution is 2.33. The molecule has 4 rings (SSSR count). The van der Waals surface area contributed by atoms with Crippen molar-refractivity contribution in [3.05, 3.63) is 68.5 Å². The maximum Gasteiger partial charge on any atom is 0.294 e. The van der Waals surface area contributed by atoms with E-state index in [0.29, 0.717) is 47.7 Å². The van der Waals surface area contributed by atoms with Gasteiger partial charge in [-0.05, 0) is 47.7 Å². The molecule has 0 aromatic heterocycles. The number of benzene rings is 2. The molecule has 0 bridgehead atoms. The summed E-state index contributed by atoms with van der Waals surface area (Å²) >= 11 is 12.9. The maximum absolute atomic E-state index is 12.8. The first-order chi connectivity index (χ1) is 15.9. The van der Waals surface area contributed by atoms with E-state index in [1.165, 1.54) is 0 Å². The molecule has 33 heavy (non-hydrogen) atoms. The highest BCUT2D eigenvalue weighted by Gasteiger charge is 2.37. The lowest BCUT2D eigenvalue weighted by molar-refractivity contribution is -0.139. The normalized spacial score (nSPS) is 17.7. The molecule has 10 heteroatoms. The number of hydrogen-bond donors (Lipinski definition) is 0. The molecule has 172 valence electrons. The van der Waals surface area contributed by atoms with E-state index in [1.807, 2.05) is 0 Å². The van der Waals surface area contributed by atoms with Gasteiger partial charge in [0.25, 0.3) is 11.1 Å². The number of halogens is 2. The number of ether oxygens (including phenoxy) is 2. The van der Waals surface area contributed by atoms with Crippen LogP contribution in [-0.4, -0.2) is 59.7 Å². The second-order valence-corrected chi connectivity index (χ2v) is 9.19. The standard InChI is InChI=1S/C23H20Cl2N2O5S/c24-17-5-4-16(19(25)12-17)14-32-18-3-1-2-15(10-18)11-20-22(29)27(23(30)33-20)13-21(28)26-6-8-31-9-7-26/h1-5,10-12H,6-9,13-14H2/b20-11+. The minimum atomic E-state index is -0.481. The van der Waals surface area contributed by atoms with E-state index < -0.39 is 11.1 Å². The summed E-state index contributed by atoms with van der Waals surface area (Å²) in [5.74, 6) is -0.166. The molecule has 0 saturated carbocycles. The van der Waals surface area contributed by atoms with Crippen molar-refractivity contribution in [1.29, 1.82) is 0 Å². The van der Waals surface area contributed by atoms with Gasteiger partial charge in [0.1, 0.15) is 18.9 Å². The van der Waals surface area contributed by atoms with Crippen LogP contribution in [0, 0.1) is 0 Å². The van der Waals surface area contributed by atoms with Crippen LogP contribution in [0.4, 0.5) is 4.79 Å². The molecule has 3 amide bonds. The van der Waals surface area contributed by atoms with Crippen LogP contribution in [0.25, 0.3) is 6.08 Å². The van der Waals surface area contributed by atoms with E-state index in [9.17, 15) is 14.4 Å². The van der Waals surface area contributed by atoms with Crippen LogP contribution in [0.1, 0.15) is 11.1 Å². The highest BCUT2D eigenvalue weighted by atomic mass is 35.5. The molecule has 0 radical (unpaired) electrons. The second kappa shape index (κ2) is 10.6. The molecular formula is C23H20Cl2N2O5S. The van der Waals surface area contributed by atoms with Gasteiger partial charge in [0.15, 0.2) is 0 Å². The number of hydrogen-bond acceptors (Lipinski definition) is 6. The van der Waals surface area contributed by atoms with Crippen molar-refractivity contribution in [1.82, 2.24) is 9.80 Å². The predicted octanol–water partition coefficient (Wildman–Crippen LogP) is 4.47. The highest BCUT2D eigenvalue weighted by molar-refractivity contribution is 8.18. The van der Waals surface area contributed by atoms with Crippen molar-refractivity contribution in [3.8, 4) is 5.75 Å². The molecule has 0 spiro atoms. The van der Waals surface area contributed by atoms with Gasteiger partial charge in [0, 0.05) is 28.7 Å². The van der Waals surface area contributed by atoms with Gasteiger partial charge in [-0.2, -0.15) is 0 Å². The van der Waals surface area contributed by atoms with Gasteiger partial charge in [-0.15, -0.1) is 0 Å². The molecule has 0 aliphatic carbocycles. The molecule has 2 heterocycles. The summed E-state index contributed by atoms with van der Waals surface area (Å²) in [6, 6.07) is 12.3. The van der Waals surface area contributed by atoms with Crippen LogP contribution >= 0.6 is 35.0 Å². The Morgan fingerprint density at radius 1 is 1.12 bits per heavy atom. The molecule has 2 aromatic carbocycles.